The zero-order valence-corrected chi connectivity index (χ0v) is 9.09. The molecule has 14 heavy (non-hydrogen) atoms. The Morgan fingerprint density at radius 3 is 2.43 bits per heavy atom. The molecule has 0 spiro atoms. The highest BCUT2D eigenvalue weighted by Crippen LogP contribution is 2.33. The lowest BCUT2D eigenvalue weighted by Crippen LogP contribution is -2.16. The number of anilines is 1. The Labute approximate surface area is 86.5 Å². The minimum atomic E-state index is 0.641. The molecule has 1 N–H and O–H groups in total. The van der Waals surface area contributed by atoms with E-state index >= 15 is 0 Å². The number of nitrogens with one attached hydrogen (secondary N) is 1. The number of hydrogen-bond donors (Lipinski definition) is 1. The molecule has 1 aliphatic rings. The van der Waals surface area contributed by atoms with Crippen LogP contribution >= 0.6 is 0 Å². The van der Waals surface area contributed by atoms with Crippen LogP contribution in [-0.4, -0.2) is 6.04 Å². The third kappa shape index (κ3) is 2.28. The van der Waals surface area contributed by atoms with Crippen molar-refractivity contribution in [2.75, 3.05) is 5.32 Å². The van der Waals surface area contributed by atoms with E-state index < -0.39 is 0 Å². The van der Waals surface area contributed by atoms with Gasteiger partial charge in [0.2, 0.25) is 0 Å². The fraction of sp³-hybridized carbons (Fsp3) is 0.538. The van der Waals surface area contributed by atoms with Crippen LogP contribution < -0.4 is 5.32 Å². The predicted molar refractivity (Wildman–Crippen MR) is 61.6 cm³/mol. The quantitative estimate of drug-likeness (QED) is 0.765. The maximum atomic E-state index is 3.56. The summed E-state index contributed by atoms with van der Waals surface area (Å²) in [6, 6.07) is 9.45. The average molecular weight is 189 g/mol. The summed E-state index contributed by atoms with van der Waals surface area (Å²) in [6.07, 6.45) is 3.93. The molecular weight excluding hydrogens is 170 g/mol. The summed E-state index contributed by atoms with van der Waals surface area (Å²) in [5.74, 6) is 0.917. The Morgan fingerprint density at radius 1 is 1.29 bits per heavy atom. The molecular formula is C13H19N. The monoisotopic (exact) mass is 189 g/mol. The summed E-state index contributed by atoms with van der Waals surface area (Å²) in [7, 11) is 0. The summed E-state index contributed by atoms with van der Waals surface area (Å²) in [5, 5.41) is 3.56. The lowest BCUT2D eigenvalue weighted by Gasteiger charge is -2.14. The van der Waals surface area contributed by atoms with Gasteiger partial charge in [0.05, 0.1) is 0 Å². The Balaban J connectivity index is 1.95. The average Bonchev–Trinajstić information content (AvgIpc) is 3.02. The third-order valence-electron chi connectivity index (χ3n) is 3.09. The minimum Gasteiger partial charge on any atom is -0.382 e. The van der Waals surface area contributed by atoms with E-state index in [1.165, 1.54) is 24.1 Å². The topological polar surface area (TPSA) is 12.0 Å². The van der Waals surface area contributed by atoms with E-state index in [1.54, 1.807) is 0 Å². The van der Waals surface area contributed by atoms with Crippen molar-refractivity contribution in [1.82, 2.24) is 0 Å². The van der Waals surface area contributed by atoms with Crippen LogP contribution in [0.15, 0.2) is 24.3 Å². The SMILES string of the molecule is CCc1ccc(N[C@H](C)C2CC2)cc1. The van der Waals surface area contributed by atoms with E-state index in [4.69, 9.17) is 0 Å². The Morgan fingerprint density at radius 2 is 1.93 bits per heavy atom. The first-order chi connectivity index (χ1) is 6.79. The van der Waals surface area contributed by atoms with Gasteiger partial charge in [0, 0.05) is 11.7 Å². The number of benzene rings is 1. The molecule has 0 bridgehead atoms. The third-order valence-corrected chi connectivity index (χ3v) is 3.09. The van der Waals surface area contributed by atoms with Crippen molar-refractivity contribution in [2.24, 2.45) is 5.92 Å². The second-order valence-corrected chi connectivity index (χ2v) is 4.32. The summed E-state index contributed by atoms with van der Waals surface area (Å²) < 4.78 is 0. The van der Waals surface area contributed by atoms with Crippen LogP contribution in [0.1, 0.15) is 32.3 Å². The number of hydrogen-bond acceptors (Lipinski definition) is 1. The van der Waals surface area contributed by atoms with Crippen molar-refractivity contribution in [3.63, 3.8) is 0 Å². The molecule has 1 heteroatoms. The predicted octanol–water partition coefficient (Wildman–Crippen LogP) is 3.46. The Bertz CT molecular complexity index is 285. The van der Waals surface area contributed by atoms with E-state index in [0.717, 1.165) is 12.3 Å². The van der Waals surface area contributed by atoms with Gasteiger partial charge in [0.25, 0.3) is 0 Å². The summed E-state index contributed by atoms with van der Waals surface area (Å²) in [6.45, 7) is 4.47. The highest BCUT2D eigenvalue weighted by molar-refractivity contribution is 5.45. The van der Waals surface area contributed by atoms with Crippen LogP contribution in [0.3, 0.4) is 0 Å². The molecule has 0 aliphatic heterocycles. The van der Waals surface area contributed by atoms with Crippen molar-refractivity contribution in [3.8, 4) is 0 Å². The second-order valence-electron chi connectivity index (χ2n) is 4.32. The van der Waals surface area contributed by atoms with Crippen LogP contribution in [-0.2, 0) is 6.42 Å². The highest BCUT2D eigenvalue weighted by Gasteiger charge is 2.27. The van der Waals surface area contributed by atoms with Gasteiger partial charge in [-0.25, -0.2) is 0 Å². The first-order valence-corrected chi connectivity index (χ1v) is 5.65. The molecule has 1 aliphatic carbocycles. The van der Waals surface area contributed by atoms with Crippen LogP contribution in [0, 0.1) is 5.92 Å². The zero-order valence-electron chi connectivity index (χ0n) is 9.09. The smallest absolute Gasteiger partial charge is 0.0342 e. The van der Waals surface area contributed by atoms with Crippen molar-refractivity contribution in [3.05, 3.63) is 29.8 Å². The molecule has 1 aromatic rings. The van der Waals surface area contributed by atoms with Gasteiger partial charge in [-0.1, -0.05) is 19.1 Å². The summed E-state index contributed by atoms with van der Waals surface area (Å²) in [4.78, 5) is 0. The van der Waals surface area contributed by atoms with Crippen molar-refractivity contribution in [1.29, 1.82) is 0 Å². The van der Waals surface area contributed by atoms with Crippen LogP contribution in [0.2, 0.25) is 0 Å². The van der Waals surface area contributed by atoms with Crippen molar-refractivity contribution >= 4 is 5.69 Å². The lowest BCUT2D eigenvalue weighted by molar-refractivity contribution is 0.694. The van der Waals surface area contributed by atoms with E-state index in [9.17, 15) is 0 Å². The van der Waals surface area contributed by atoms with Gasteiger partial charge in [-0.2, -0.15) is 0 Å². The van der Waals surface area contributed by atoms with Gasteiger partial charge >= 0.3 is 0 Å². The highest BCUT2D eigenvalue weighted by atomic mass is 14.9. The largest absolute Gasteiger partial charge is 0.382 e. The van der Waals surface area contributed by atoms with Gasteiger partial charge < -0.3 is 5.32 Å². The Hall–Kier alpha value is -0.980. The van der Waals surface area contributed by atoms with Gasteiger partial charge in [0.15, 0.2) is 0 Å². The molecule has 0 radical (unpaired) electrons. The fourth-order valence-electron chi connectivity index (χ4n) is 1.81. The van der Waals surface area contributed by atoms with Gasteiger partial charge in [-0.15, -0.1) is 0 Å². The minimum absolute atomic E-state index is 0.641. The number of aryl methyl sites for hydroxylation is 1. The maximum absolute atomic E-state index is 3.56. The molecule has 0 aromatic heterocycles. The molecule has 2 rings (SSSR count). The molecule has 0 unspecified atom stereocenters. The standard InChI is InChI=1S/C13H19N/c1-3-11-4-8-13(9-5-11)14-10(2)12-6-7-12/h4-5,8-10,12,14H,3,6-7H2,1-2H3/t10-/m1/s1. The van der Waals surface area contributed by atoms with E-state index in [1.807, 2.05) is 0 Å². The van der Waals surface area contributed by atoms with Crippen molar-refractivity contribution < 1.29 is 0 Å². The second kappa shape index (κ2) is 4.04. The van der Waals surface area contributed by atoms with Crippen LogP contribution in [0.4, 0.5) is 5.69 Å². The molecule has 1 nitrogen and oxygen atoms in total. The van der Waals surface area contributed by atoms with Crippen LogP contribution in [0.5, 0.6) is 0 Å². The molecule has 1 atom stereocenters. The maximum Gasteiger partial charge on any atom is 0.0342 e. The van der Waals surface area contributed by atoms with Crippen LogP contribution in [0.25, 0.3) is 0 Å². The molecule has 1 saturated carbocycles. The van der Waals surface area contributed by atoms with E-state index in [2.05, 4.69) is 43.4 Å². The molecule has 0 saturated heterocycles. The number of rotatable bonds is 4. The summed E-state index contributed by atoms with van der Waals surface area (Å²) >= 11 is 0. The summed E-state index contributed by atoms with van der Waals surface area (Å²) in [5.41, 5.74) is 2.68. The molecule has 0 amide bonds. The molecule has 1 fully saturated rings. The lowest BCUT2D eigenvalue weighted by atomic mass is 10.1. The van der Waals surface area contributed by atoms with Gasteiger partial charge in [-0.3, -0.25) is 0 Å². The normalized spacial score (nSPS) is 17.9. The van der Waals surface area contributed by atoms with E-state index in [0.29, 0.717) is 6.04 Å². The molecule has 76 valence electrons. The first kappa shape index (κ1) is 9.57. The zero-order chi connectivity index (χ0) is 9.97. The van der Waals surface area contributed by atoms with E-state index in [-0.39, 0.29) is 0 Å². The molecule has 0 heterocycles. The van der Waals surface area contributed by atoms with Gasteiger partial charge in [0.1, 0.15) is 0 Å². The fourth-order valence-corrected chi connectivity index (χ4v) is 1.81. The Kier molecular flexibility index (Phi) is 2.76. The first-order valence-electron chi connectivity index (χ1n) is 5.65. The van der Waals surface area contributed by atoms with Crippen molar-refractivity contribution in [2.45, 2.75) is 39.2 Å². The molecule has 1 aromatic carbocycles. The van der Waals surface area contributed by atoms with Gasteiger partial charge in [-0.05, 0) is 49.8 Å².